The zero-order valence-electron chi connectivity index (χ0n) is 10.5. The summed E-state index contributed by atoms with van der Waals surface area (Å²) >= 11 is 0. The summed E-state index contributed by atoms with van der Waals surface area (Å²) in [5.41, 5.74) is -0.277. The van der Waals surface area contributed by atoms with E-state index >= 15 is 0 Å². The van der Waals surface area contributed by atoms with Crippen LogP contribution in [-0.4, -0.2) is 19.2 Å². The van der Waals surface area contributed by atoms with Crippen molar-refractivity contribution >= 4 is 27.3 Å². The van der Waals surface area contributed by atoms with Crippen molar-refractivity contribution < 1.29 is 18.1 Å². The Bertz CT molecular complexity index is 876. The van der Waals surface area contributed by atoms with Gasteiger partial charge in [0.1, 0.15) is 4.90 Å². The first-order chi connectivity index (χ1) is 9.93. The number of nitro groups is 1. The molecule has 3 rings (SSSR count). The average Bonchev–Trinajstić information content (AvgIpc) is 2.67. The van der Waals surface area contributed by atoms with E-state index in [-0.39, 0.29) is 21.8 Å². The molecule has 0 radical (unpaired) electrons. The third-order valence-electron chi connectivity index (χ3n) is 3.10. The fourth-order valence-corrected chi connectivity index (χ4v) is 3.76. The van der Waals surface area contributed by atoms with Gasteiger partial charge in [-0.3, -0.25) is 14.9 Å². The van der Waals surface area contributed by atoms with Crippen molar-refractivity contribution in [3.63, 3.8) is 0 Å². The summed E-state index contributed by atoms with van der Waals surface area (Å²) < 4.78 is 25.4. The molecule has 0 bridgehead atoms. The lowest BCUT2D eigenvalue weighted by Crippen LogP contribution is -2.29. The molecule has 1 amide bonds. The summed E-state index contributed by atoms with van der Waals surface area (Å²) in [4.78, 5) is 22.3. The fraction of sp³-hybridized carbons (Fsp3) is 0. The molecule has 0 N–H and O–H groups in total. The first-order valence-corrected chi connectivity index (χ1v) is 7.30. The highest BCUT2D eigenvalue weighted by molar-refractivity contribution is 7.94. The molecule has 0 saturated heterocycles. The van der Waals surface area contributed by atoms with Crippen LogP contribution in [0.1, 0.15) is 10.4 Å². The smallest absolute Gasteiger partial charge is 0.268 e. The molecule has 2 aromatic carbocycles. The number of nitro benzene ring substituents is 1. The minimum atomic E-state index is -4.03. The normalized spacial score (nSPS) is 15.8. The maximum Gasteiger partial charge on any atom is 0.273 e. The number of amides is 1. The van der Waals surface area contributed by atoms with Crippen LogP contribution in [0.25, 0.3) is 0 Å². The molecular formula is C13H8N2O5S. The maximum absolute atomic E-state index is 12.4. The SMILES string of the molecule is O=C1c2ccccc2S(=O)(=O)N1c1cccc([N+](=O)[O-])c1. The Morgan fingerprint density at radius 2 is 1.76 bits per heavy atom. The third-order valence-corrected chi connectivity index (χ3v) is 4.86. The van der Waals surface area contributed by atoms with E-state index in [1.165, 1.54) is 36.4 Å². The molecule has 1 heterocycles. The molecule has 0 aliphatic carbocycles. The molecule has 106 valence electrons. The number of fused-ring (bicyclic) bond motifs is 1. The third kappa shape index (κ3) is 1.88. The highest BCUT2D eigenvalue weighted by Gasteiger charge is 2.42. The van der Waals surface area contributed by atoms with E-state index < -0.39 is 20.9 Å². The number of anilines is 1. The standard InChI is InChI=1S/C13H8N2O5S/c16-13-11-6-1-2-7-12(11)21(19,20)14(13)9-4-3-5-10(8-9)15(17)18/h1-8H. The molecule has 1 aliphatic rings. The Labute approximate surface area is 119 Å². The topological polar surface area (TPSA) is 97.6 Å². The molecule has 8 heteroatoms. The molecule has 1 aliphatic heterocycles. The van der Waals surface area contributed by atoms with Crippen LogP contribution in [0, 0.1) is 10.1 Å². The number of rotatable bonds is 2. The summed E-state index contributed by atoms with van der Waals surface area (Å²) in [6, 6.07) is 10.8. The lowest BCUT2D eigenvalue weighted by atomic mass is 10.2. The molecule has 7 nitrogen and oxygen atoms in total. The van der Waals surface area contributed by atoms with Gasteiger partial charge in [0.15, 0.2) is 0 Å². The number of carbonyl (C=O) groups is 1. The molecule has 21 heavy (non-hydrogen) atoms. The average molecular weight is 304 g/mol. The molecule has 0 spiro atoms. The maximum atomic E-state index is 12.4. The molecule has 2 aromatic rings. The van der Waals surface area contributed by atoms with Crippen LogP contribution in [0.5, 0.6) is 0 Å². The number of non-ortho nitro benzene ring substituents is 1. The van der Waals surface area contributed by atoms with Gasteiger partial charge in [0, 0.05) is 12.1 Å². The van der Waals surface area contributed by atoms with Crippen LogP contribution >= 0.6 is 0 Å². The minimum Gasteiger partial charge on any atom is -0.268 e. The van der Waals surface area contributed by atoms with Gasteiger partial charge in [-0.2, -0.15) is 4.31 Å². The van der Waals surface area contributed by atoms with E-state index in [9.17, 15) is 23.3 Å². The van der Waals surface area contributed by atoms with Crippen LogP contribution in [0.15, 0.2) is 53.4 Å². The zero-order valence-corrected chi connectivity index (χ0v) is 11.3. The molecule has 0 unspecified atom stereocenters. The van der Waals surface area contributed by atoms with Gasteiger partial charge >= 0.3 is 0 Å². The summed E-state index contributed by atoms with van der Waals surface area (Å²) in [6.45, 7) is 0. The van der Waals surface area contributed by atoms with Gasteiger partial charge in [-0.05, 0) is 18.2 Å². The lowest BCUT2D eigenvalue weighted by molar-refractivity contribution is -0.384. The van der Waals surface area contributed by atoms with Gasteiger partial charge in [0.05, 0.1) is 16.2 Å². The lowest BCUT2D eigenvalue weighted by Gasteiger charge is -2.14. The van der Waals surface area contributed by atoms with Crippen molar-refractivity contribution in [1.29, 1.82) is 0 Å². The largest absolute Gasteiger partial charge is 0.273 e. The quantitative estimate of drug-likeness (QED) is 0.624. The van der Waals surface area contributed by atoms with Gasteiger partial charge in [0.25, 0.3) is 21.6 Å². The summed E-state index contributed by atoms with van der Waals surface area (Å²) in [6.07, 6.45) is 0. The minimum absolute atomic E-state index is 0.0506. The number of benzene rings is 2. The second-order valence-electron chi connectivity index (χ2n) is 4.35. The summed E-state index contributed by atoms with van der Waals surface area (Å²) in [7, 11) is -4.03. The second kappa shape index (κ2) is 4.38. The van der Waals surface area contributed by atoms with Crippen LogP contribution in [0.4, 0.5) is 11.4 Å². The van der Waals surface area contributed by atoms with Crippen molar-refractivity contribution in [2.75, 3.05) is 4.31 Å². The van der Waals surface area contributed by atoms with E-state index in [0.717, 1.165) is 6.07 Å². The van der Waals surface area contributed by atoms with Gasteiger partial charge < -0.3 is 0 Å². The highest BCUT2D eigenvalue weighted by atomic mass is 32.2. The van der Waals surface area contributed by atoms with Crippen molar-refractivity contribution in [2.24, 2.45) is 0 Å². The molecule has 0 saturated carbocycles. The van der Waals surface area contributed by atoms with Crippen LogP contribution in [0.3, 0.4) is 0 Å². The fourth-order valence-electron chi connectivity index (χ4n) is 2.17. The Morgan fingerprint density at radius 3 is 2.43 bits per heavy atom. The highest BCUT2D eigenvalue weighted by Crippen LogP contribution is 2.35. The first-order valence-electron chi connectivity index (χ1n) is 5.86. The van der Waals surface area contributed by atoms with E-state index in [4.69, 9.17) is 0 Å². The Morgan fingerprint density at radius 1 is 1.05 bits per heavy atom. The molecule has 0 fully saturated rings. The second-order valence-corrected chi connectivity index (χ2v) is 6.10. The van der Waals surface area contributed by atoms with E-state index in [1.807, 2.05) is 0 Å². The number of hydrogen-bond donors (Lipinski definition) is 0. The Balaban J connectivity index is 2.20. The monoisotopic (exact) mass is 304 g/mol. The number of carbonyl (C=O) groups excluding carboxylic acids is 1. The van der Waals surface area contributed by atoms with E-state index in [0.29, 0.717) is 4.31 Å². The van der Waals surface area contributed by atoms with Gasteiger partial charge in [-0.15, -0.1) is 0 Å². The van der Waals surface area contributed by atoms with Crippen molar-refractivity contribution in [3.8, 4) is 0 Å². The van der Waals surface area contributed by atoms with E-state index in [1.54, 1.807) is 6.07 Å². The van der Waals surface area contributed by atoms with Gasteiger partial charge in [-0.25, -0.2) is 8.42 Å². The van der Waals surface area contributed by atoms with Gasteiger partial charge in [-0.1, -0.05) is 18.2 Å². The predicted molar refractivity (Wildman–Crippen MR) is 73.5 cm³/mol. The number of nitrogens with zero attached hydrogens (tertiary/aromatic N) is 2. The summed E-state index contributed by atoms with van der Waals surface area (Å²) in [5, 5.41) is 10.8. The molecule has 0 aromatic heterocycles. The van der Waals surface area contributed by atoms with Crippen LogP contribution in [0.2, 0.25) is 0 Å². The summed E-state index contributed by atoms with van der Waals surface area (Å²) in [5.74, 6) is -0.717. The van der Waals surface area contributed by atoms with Crippen LogP contribution < -0.4 is 4.31 Å². The Kier molecular flexibility index (Phi) is 2.77. The van der Waals surface area contributed by atoms with Gasteiger partial charge in [0.2, 0.25) is 0 Å². The Hall–Kier alpha value is -2.74. The number of hydrogen-bond acceptors (Lipinski definition) is 5. The van der Waals surface area contributed by atoms with E-state index in [2.05, 4.69) is 0 Å². The molecular weight excluding hydrogens is 296 g/mol. The molecule has 0 atom stereocenters. The first kappa shape index (κ1) is 13.3. The number of sulfonamides is 1. The van der Waals surface area contributed by atoms with Crippen molar-refractivity contribution in [2.45, 2.75) is 4.90 Å². The predicted octanol–water partition coefficient (Wildman–Crippen LogP) is 1.94. The van der Waals surface area contributed by atoms with Crippen molar-refractivity contribution in [1.82, 2.24) is 0 Å². The van der Waals surface area contributed by atoms with Crippen LogP contribution in [-0.2, 0) is 10.0 Å². The van der Waals surface area contributed by atoms with Crippen molar-refractivity contribution in [3.05, 3.63) is 64.2 Å². The zero-order chi connectivity index (χ0) is 15.2.